The van der Waals surface area contributed by atoms with Crippen LogP contribution in [0.2, 0.25) is 0 Å². The molecule has 134 valence electrons. The van der Waals surface area contributed by atoms with Gasteiger partial charge in [-0.25, -0.2) is 0 Å². The lowest BCUT2D eigenvalue weighted by Gasteiger charge is -2.16. The summed E-state index contributed by atoms with van der Waals surface area (Å²) < 4.78 is 5.12. The molecule has 2 aromatic heterocycles. The van der Waals surface area contributed by atoms with Crippen molar-refractivity contribution < 1.29 is 9.32 Å². The SMILES string of the molecule is Cc1cccc(-c2ccc(C(=O)N(C)Cc3c(C)noc3C)c(=O)[nH]2)c1. The highest BCUT2D eigenvalue weighted by atomic mass is 16.5. The molecule has 3 aromatic rings. The predicted molar refractivity (Wildman–Crippen MR) is 99.0 cm³/mol. The van der Waals surface area contributed by atoms with E-state index in [9.17, 15) is 9.59 Å². The molecule has 0 aliphatic rings. The first-order valence-corrected chi connectivity index (χ1v) is 8.34. The van der Waals surface area contributed by atoms with Gasteiger partial charge in [-0.3, -0.25) is 9.59 Å². The number of rotatable bonds is 4. The number of nitrogens with one attached hydrogen (secondary N) is 1. The highest BCUT2D eigenvalue weighted by Crippen LogP contribution is 2.18. The second kappa shape index (κ2) is 7.00. The van der Waals surface area contributed by atoms with E-state index in [-0.39, 0.29) is 11.5 Å². The standard InChI is InChI=1S/C20H21N3O3/c1-12-6-5-7-15(10-12)18-9-8-16(19(24)21-18)20(25)23(4)11-17-13(2)22-26-14(17)3/h5-10H,11H2,1-4H3,(H,21,24). The third kappa shape index (κ3) is 3.44. The molecule has 0 spiro atoms. The smallest absolute Gasteiger partial charge is 0.261 e. The molecule has 0 fully saturated rings. The largest absolute Gasteiger partial charge is 0.361 e. The normalized spacial score (nSPS) is 10.8. The number of carbonyl (C=O) groups is 1. The van der Waals surface area contributed by atoms with Crippen LogP contribution in [0.25, 0.3) is 11.3 Å². The van der Waals surface area contributed by atoms with E-state index in [1.165, 1.54) is 4.90 Å². The van der Waals surface area contributed by atoms with Crippen molar-refractivity contribution in [2.45, 2.75) is 27.3 Å². The second-order valence-corrected chi connectivity index (χ2v) is 6.45. The van der Waals surface area contributed by atoms with Crippen LogP contribution in [0.1, 0.15) is 32.9 Å². The molecule has 1 aromatic carbocycles. The van der Waals surface area contributed by atoms with Crippen molar-refractivity contribution in [3.05, 3.63) is 74.9 Å². The van der Waals surface area contributed by atoms with Gasteiger partial charge in [0.05, 0.1) is 12.2 Å². The third-order valence-corrected chi connectivity index (χ3v) is 4.39. The Kier molecular flexibility index (Phi) is 4.75. The molecule has 1 amide bonds. The summed E-state index contributed by atoms with van der Waals surface area (Å²) >= 11 is 0. The van der Waals surface area contributed by atoms with E-state index in [4.69, 9.17) is 4.52 Å². The number of aromatic nitrogens is 2. The van der Waals surface area contributed by atoms with Crippen molar-refractivity contribution in [1.82, 2.24) is 15.0 Å². The van der Waals surface area contributed by atoms with E-state index in [1.54, 1.807) is 26.1 Å². The zero-order chi connectivity index (χ0) is 18.8. The van der Waals surface area contributed by atoms with Crippen LogP contribution in [0.15, 0.2) is 45.7 Å². The van der Waals surface area contributed by atoms with Crippen LogP contribution in [0.4, 0.5) is 0 Å². The van der Waals surface area contributed by atoms with Crippen LogP contribution in [0, 0.1) is 20.8 Å². The van der Waals surface area contributed by atoms with Crippen LogP contribution < -0.4 is 5.56 Å². The first kappa shape index (κ1) is 17.7. The molecular weight excluding hydrogens is 330 g/mol. The summed E-state index contributed by atoms with van der Waals surface area (Å²) in [4.78, 5) is 29.4. The lowest BCUT2D eigenvalue weighted by Crippen LogP contribution is -2.31. The van der Waals surface area contributed by atoms with E-state index in [0.29, 0.717) is 18.0 Å². The monoisotopic (exact) mass is 351 g/mol. The summed E-state index contributed by atoms with van der Waals surface area (Å²) in [7, 11) is 1.65. The Balaban J connectivity index is 1.85. The summed E-state index contributed by atoms with van der Waals surface area (Å²) in [6, 6.07) is 11.2. The molecule has 0 aliphatic carbocycles. The number of aromatic amines is 1. The number of carbonyl (C=O) groups excluding carboxylic acids is 1. The van der Waals surface area contributed by atoms with Crippen molar-refractivity contribution in [3.8, 4) is 11.3 Å². The number of hydrogen-bond acceptors (Lipinski definition) is 4. The molecule has 2 heterocycles. The molecule has 0 aliphatic heterocycles. The second-order valence-electron chi connectivity index (χ2n) is 6.45. The highest BCUT2D eigenvalue weighted by Gasteiger charge is 2.19. The fourth-order valence-electron chi connectivity index (χ4n) is 2.87. The van der Waals surface area contributed by atoms with Crippen LogP contribution in [0.3, 0.4) is 0 Å². The quantitative estimate of drug-likeness (QED) is 0.783. The summed E-state index contributed by atoms with van der Waals surface area (Å²) in [5, 5.41) is 3.89. The first-order valence-electron chi connectivity index (χ1n) is 8.34. The number of hydrogen-bond donors (Lipinski definition) is 1. The van der Waals surface area contributed by atoms with E-state index in [0.717, 1.165) is 22.4 Å². The summed E-state index contributed by atoms with van der Waals surface area (Å²) in [6.45, 7) is 5.95. The van der Waals surface area contributed by atoms with Gasteiger partial charge >= 0.3 is 0 Å². The van der Waals surface area contributed by atoms with E-state index in [1.807, 2.05) is 38.1 Å². The summed E-state index contributed by atoms with van der Waals surface area (Å²) in [6.07, 6.45) is 0. The number of nitrogens with zero attached hydrogens (tertiary/aromatic N) is 2. The molecule has 6 heteroatoms. The molecule has 0 radical (unpaired) electrons. The lowest BCUT2D eigenvalue weighted by molar-refractivity contribution is 0.0783. The van der Waals surface area contributed by atoms with E-state index < -0.39 is 5.56 Å². The van der Waals surface area contributed by atoms with Crippen molar-refractivity contribution in [2.75, 3.05) is 7.05 Å². The molecule has 0 saturated heterocycles. The fraction of sp³-hybridized carbons (Fsp3) is 0.250. The topological polar surface area (TPSA) is 79.2 Å². The maximum Gasteiger partial charge on any atom is 0.261 e. The van der Waals surface area contributed by atoms with Gasteiger partial charge in [0.2, 0.25) is 0 Å². The van der Waals surface area contributed by atoms with Crippen LogP contribution in [-0.2, 0) is 6.54 Å². The fourth-order valence-corrected chi connectivity index (χ4v) is 2.87. The maximum absolute atomic E-state index is 12.7. The summed E-state index contributed by atoms with van der Waals surface area (Å²) in [5.74, 6) is 0.327. The van der Waals surface area contributed by atoms with Crippen LogP contribution in [-0.4, -0.2) is 28.0 Å². The van der Waals surface area contributed by atoms with Gasteiger partial charge in [-0.2, -0.15) is 0 Å². The zero-order valence-electron chi connectivity index (χ0n) is 15.3. The van der Waals surface area contributed by atoms with Crippen LogP contribution in [0.5, 0.6) is 0 Å². The van der Waals surface area contributed by atoms with Gasteiger partial charge in [-0.1, -0.05) is 28.9 Å². The minimum Gasteiger partial charge on any atom is -0.361 e. The molecule has 1 N–H and O–H groups in total. The van der Waals surface area contributed by atoms with Gasteiger partial charge < -0.3 is 14.4 Å². The molecule has 0 atom stereocenters. The minimum atomic E-state index is -0.403. The number of amides is 1. The molecule has 26 heavy (non-hydrogen) atoms. The van der Waals surface area contributed by atoms with Crippen LogP contribution >= 0.6 is 0 Å². The first-order chi connectivity index (χ1) is 12.4. The van der Waals surface area contributed by atoms with Gasteiger partial charge in [0.15, 0.2) is 0 Å². The average Bonchev–Trinajstić information content (AvgIpc) is 2.93. The van der Waals surface area contributed by atoms with E-state index in [2.05, 4.69) is 10.1 Å². The molecule has 6 nitrogen and oxygen atoms in total. The number of benzene rings is 1. The Hall–Kier alpha value is -3.15. The highest BCUT2D eigenvalue weighted by molar-refractivity contribution is 5.94. The molecule has 3 rings (SSSR count). The minimum absolute atomic E-state index is 0.107. The van der Waals surface area contributed by atoms with Crippen molar-refractivity contribution in [2.24, 2.45) is 0 Å². The predicted octanol–water partition coefficient (Wildman–Crippen LogP) is 3.23. The summed E-state index contributed by atoms with van der Waals surface area (Å²) in [5.41, 5.74) is 3.99. The Morgan fingerprint density at radius 3 is 2.58 bits per heavy atom. The third-order valence-electron chi connectivity index (χ3n) is 4.39. The lowest BCUT2D eigenvalue weighted by atomic mass is 10.1. The Labute approximate surface area is 151 Å². The number of pyridine rings is 1. The number of aryl methyl sites for hydroxylation is 3. The molecule has 0 bridgehead atoms. The molecular formula is C20H21N3O3. The van der Waals surface area contributed by atoms with Gasteiger partial charge in [-0.05, 0) is 44.5 Å². The number of H-pyrrole nitrogens is 1. The van der Waals surface area contributed by atoms with Crippen molar-refractivity contribution in [3.63, 3.8) is 0 Å². The van der Waals surface area contributed by atoms with Gasteiger partial charge in [0.1, 0.15) is 11.3 Å². The average molecular weight is 351 g/mol. The van der Waals surface area contributed by atoms with E-state index >= 15 is 0 Å². The Bertz CT molecular complexity index is 998. The Morgan fingerprint density at radius 1 is 1.19 bits per heavy atom. The maximum atomic E-state index is 12.7. The van der Waals surface area contributed by atoms with Gasteiger partial charge in [0, 0.05) is 18.3 Å². The Morgan fingerprint density at radius 2 is 1.96 bits per heavy atom. The molecule has 0 unspecified atom stereocenters. The zero-order valence-corrected chi connectivity index (χ0v) is 15.3. The van der Waals surface area contributed by atoms with Crippen molar-refractivity contribution >= 4 is 5.91 Å². The van der Waals surface area contributed by atoms with Gasteiger partial charge in [0.25, 0.3) is 11.5 Å². The van der Waals surface area contributed by atoms with Gasteiger partial charge in [-0.15, -0.1) is 0 Å². The van der Waals surface area contributed by atoms with Crippen molar-refractivity contribution in [1.29, 1.82) is 0 Å². The molecule has 0 saturated carbocycles.